The second kappa shape index (κ2) is 5.77. The average molecular weight is 248 g/mol. The van der Waals surface area contributed by atoms with Crippen LogP contribution < -0.4 is 0 Å². The highest BCUT2D eigenvalue weighted by atomic mass is 16.3. The van der Waals surface area contributed by atoms with Gasteiger partial charge in [0.2, 0.25) is 0 Å². The Morgan fingerprint density at radius 1 is 1.17 bits per heavy atom. The van der Waals surface area contributed by atoms with Crippen LogP contribution in [-0.2, 0) is 0 Å². The van der Waals surface area contributed by atoms with Crippen molar-refractivity contribution in [2.75, 3.05) is 6.61 Å². The number of hydrogen-bond acceptors (Lipinski definition) is 4. The summed E-state index contributed by atoms with van der Waals surface area (Å²) in [6, 6.07) is 9.50. The molecular formula is C13H16N2O3. The molecule has 3 N–H and O–H groups in total. The van der Waals surface area contributed by atoms with Crippen molar-refractivity contribution in [1.29, 1.82) is 0 Å². The van der Waals surface area contributed by atoms with E-state index in [1.165, 1.54) is 6.20 Å². The van der Waals surface area contributed by atoms with Crippen molar-refractivity contribution >= 4 is 0 Å². The molecule has 1 aromatic heterocycles. The minimum Gasteiger partial charge on any atom is -0.396 e. The van der Waals surface area contributed by atoms with Gasteiger partial charge in [0.1, 0.15) is 6.10 Å². The largest absolute Gasteiger partial charge is 0.396 e. The molecule has 0 fully saturated rings. The van der Waals surface area contributed by atoms with E-state index in [1.807, 2.05) is 30.3 Å². The predicted molar refractivity (Wildman–Crippen MR) is 66.2 cm³/mol. The molecule has 0 bridgehead atoms. The molecule has 2 atom stereocenters. The smallest absolute Gasteiger partial charge is 0.108 e. The van der Waals surface area contributed by atoms with Crippen LogP contribution in [-0.4, -0.2) is 37.8 Å². The van der Waals surface area contributed by atoms with Gasteiger partial charge in [-0.3, -0.25) is 0 Å². The van der Waals surface area contributed by atoms with E-state index in [-0.39, 0.29) is 13.0 Å². The third kappa shape index (κ3) is 2.76. The Morgan fingerprint density at radius 3 is 2.56 bits per heavy atom. The molecule has 2 rings (SSSR count). The third-order valence-electron chi connectivity index (χ3n) is 2.75. The van der Waals surface area contributed by atoms with Gasteiger partial charge in [0.15, 0.2) is 0 Å². The monoisotopic (exact) mass is 248 g/mol. The molecule has 1 aromatic carbocycles. The van der Waals surface area contributed by atoms with E-state index < -0.39 is 12.2 Å². The average Bonchev–Trinajstić information content (AvgIpc) is 2.89. The highest BCUT2D eigenvalue weighted by Gasteiger charge is 2.19. The topological polar surface area (TPSA) is 78.5 Å². The van der Waals surface area contributed by atoms with Crippen LogP contribution in [0.25, 0.3) is 5.69 Å². The van der Waals surface area contributed by atoms with Gasteiger partial charge < -0.3 is 15.3 Å². The summed E-state index contributed by atoms with van der Waals surface area (Å²) < 4.78 is 1.63. The van der Waals surface area contributed by atoms with Gasteiger partial charge in [-0.2, -0.15) is 5.10 Å². The molecule has 0 saturated carbocycles. The van der Waals surface area contributed by atoms with Crippen LogP contribution in [0.1, 0.15) is 18.1 Å². The minimum absolute atomic E-state index is 0.137. The summed E-state index contributed by atoms with van der Waals surface area (Å²) in [4.78, 5) is 0. The first-order valence-corrected chi connectivity index (χ1v) is 5.79. The molecule has 0 aliphatic rings. The van der Waals surface area contributed by atoms with Crippen LogP contribution in [0.2, 0.25) is 0 Å². The molecule has 0 aliphatic heterocycles. The van der Waals surface area contributed by atoms with Crippen molar-refractivity contribution in [3.63, 3.8) is 0 Å². The highest BCUT2D eigenvalue weighted by molar-refractivity contribution is 5.31. The first-order chi connectivity index (χ1) is 8.72. The van der Waals surface area contributed by atoms with Crippen molar-refractivity contribution in [2.24, 2.45) is 0 Å². The molecule has 0 spiro atoms. The molecular weight excluding hydrogens is 232 g/mol. The molecule has 5 nitrogen and oxygen atoms in total. The molecule has 0 amide bonds. The predicted octanol–water partition coefficient (Wildman–Crippen LogP) is 0.649. The van der Waals surface area contributed by atoms with Gasteiger partial charge >= 0.3 is 0 Å². The number of hydrogen-bond donors (Lipinski definition) is 3. The summed E-state index contributed by atoms with van der Waals surface area (Å²) in [6.07, 6.45) is 1.30. The third-order valence-corrected chi connectivity index (χ3v) is 2.75. The van der Waals surface area contributed by atoms with Crippen molar-refractivity contribution in [2.45, 2.75) is 18.6 Å². The zero-order valence-corrected chi connectivity index (χ0v) is 9.85. The Hall–Kier alpha value is -1.69. The van der Waals surface area contributed by atoms with Crippen LogP contribution in [0.4, 0.5) is 0 Å². The molecule has 18 heavy (non-hydrogen) atoms. The Morgan fingerprint density at radius 2 is 1.89 bits per heavy atom. The van der Waals surface area contributed by atoms with Crippen molar-refractivity contribution in [3.8, 4) is 5.69 Å². The Bertz CT molecular complexity index is 484. The number of aliphatic hydroxyl groups excluding tert-OH is 3. The fourth-order valence-electron chi connectivity index (χ4n) is 1.72. The fourth-order valence-corrected chi connectivity index (χ4v) is 1.72. The maximum Gasteiger partial charge on any atom is 0.108 e. The van der Waals surface area contributed by atoms with Crippen molar-refractivity contribution in [1.82, 2.24) is 9.78 Å². The number of para-hydroxylation sites is 1. The maximum atomic E-state index is 9.87. The summed E-state index contributed by atoms with van der Waals surface area (Å²) in [5, 5.41) is 32.3. The zero-order chi connectivity index (χ0) is 13.0. The van der Waals surface area contributed by atoms with Crippen molar-refractivity contribution in [3.05, 3.63) is 48.3 Å². The molecule has 0 saturated heterocycles. The fraction of sp³-hybridized carbons (Fsp3) is 0.308. The van der Waals surface area contributed by atoms with E-state index in [2.05, 4.69) is 5.10 Å². The van der Waals surface area contributed by atoms with Gasteiger partial charge in [0.25, 0.3) is 0 Å². The molecule has 2 aromatic rings. The number of rotatable bonds is 5. The lowest BCUT2D eigenvalue weighted by atomic mass is 10.1. The van der Waals surface area contributed by atoms with Crippen molar-refractivity contribution < 1.29 is 15.3 Å². The Kier molecular flexibility index (Phi) is 4.09. The SMILES string of the molecule is OCCC(O)C(O)c1cnn(-c2ccccc2)c1. The summed E-state index contributed by atoms with van der Waals surface area (Å²) in [5.41, 5.74) is 1.41. The first kappa shape index (κ1) is 12.8. The lowest BCUT2D eigenvalue weighted by Gasteiger charge is -2.14. The van der Waals surface area contributed by atoms with Gasteiger partial charge in [0, 0.05) is 18.4 Å². The zero-order valence-electron chi connectivity index (χ0n) is 9.85. The van der Waals surface area contributed by atoms with E-state index in [0.29, 0.717) is 5.56 Å². The number of aliphatic hydroxyl groups is 3. The van der Waals surface area contributed by atoms with Gasteiger partial charge in [-0.05, 0) is 18.6 Å². The Labute approximate surface area is 105 Å². The molecule has 96 valence electrons. The van der Waals surface area contributed by atoms with Crippen LogP contribution in [0.5, 0.6) is 0 Å². The first-order valence-electron chi connectivity index (χ1n) is 5.79. The summed E-state index contributed by atoms with van der Waals surface area (Å²) in [6.45, 7) is -0.162. The van der Waals surface area contributed by atoms with Crippen LogP contribution in [0.3, 0.4) is 0 Å². The summed E-state index contributed by atoms with van der Waals surface area (Å²) in [7, 11) is 0. The van der Waals surface area contributed by atoms with E-state index in [0.717, 1.165) is 5.69 Å². The minimum atomic E-state index is -1.03. The van der Waals surface area contributed by atoms with Gasteiger partial charge in [-0.25, -0.2) is 4.68 Å². The normalized spacial score (nSPS) is 14.4. The van der Waals surface area contributed by atoms with E-state index in [4.69, 9.17) is 5.11 Å². The molecule has 5 heteroatoms. The van der Waals surface area contributed by atoms with Crippen LogP contribution >= 0.6 is 0 Å². The standard InChI is InChI=1S/C13H16N2O3/c16-7-6-12(17)13(18)10-8-14-15(9-10)11-4-2-1-3-5-11/h1-5,8-9,12-13,16-18H,6-7H2. The highest BCUT2D eigenvalue weighted by Crippen LogP contribution is 2.19. The summed E-state index contributed by atoms with van der Waals surface area (Å²) in [5.74, 6) is 0. The second-order valence-corrected chi connectivity index (χ2v) is 4.08. The van der Waals surface area contributed by atoms with Gasteiger partial charge in [0.05, 0.1) is 18.0 Å². The number of benzene rings is 1. The van der Waals surface area contributed by atoms with E-state index in [9.17, 15) is 10.2 Å². The quantitative estimate of drug-likeness (QED) is 0.726. The summed E-state index contributed by atoms with van der Waals surface area (Å²) >= 11 is 0. The Balaban J connectivity index is 2.15. The number of nitrogens with zero attached hydrogens (tertiary/aromatic N) is 2. The maximum absolute atomic E-state index is 9.87. The second-order valence-electron chi connectivity index (χ2n) is 4.08. The molecule has 1 heterocycles. The van der Waals surface area contributed by atoms with E-state index in [1.54, 1.807) is 10.9 Å². The van der Waals surface area contributed by atoms with Gasteiger partial charge in [-0.1, -0.05) is 18.2 Å². The lowest BCUT2D eigenvalue weighted by molar-refractivity contribution is 0.00420. The van der Waals surface area contributed by atoms with Crippen LogP contribution in [0, 0.1) is 0 Å². The lowest BCUT2D eigenvalue weighted by Crippen LogP contribution is -2.19. The molecule has 0 aliphatic carbocycles. The molecule has 0 radical (unpaired) electrons. The number of aromatic nitrogens is 2. The van der Waals surface area contributed by atoms with Gasteiger partial charge in [-0.15, -0.1) is 0 Å². The van der Waals surface area contributed by atoms with Crippen LogP contribution in [0.15, 0.2) is 42.7 Å². The van der Waals surface area contributed by atoms with E-state index >= 15 is 0 Å². The molecule has 2 unspecified atom stereocenters.